The molecule has 2 N–H and O–H groups in total. The Hall–Kier alpha value is -4.13. The molecule has 3 heterocycles. The lowest BCUT2D eigenvalue weighted by molar-refractivity contribution is -0.141. The molecule has 210 valence electrons. The molecular formula is C27H28F3N7O2S. The Morgan fingerprint density at radius 3 is 2.33 bits per heavy atom. The number of pyridine rings is 1. The summed E-state index contributed by atoms with van der Waals surface area (Å²) >= 11 is 1.23. The average molecular weight is 572 g/mol. The molecule has 0 radical (unpaired) electrons. The molecule has 0 aliphatic rings. The number of hydrogen-bond acceptors (Lipinski definition) is 8. The predicted octanol–water partition coefficient (Wildman–Crippen LogP) is 6.21. The molecule has 1 amide bonds. The first kappa shape index (κ1) is 28.9. The number of nitrogens with zero attached hydrogens (tertiary/aromatic N) is 5. The quantitative estimate of drug-likeness (QED) is 0.241. The first-order chi connectivity index (χ1) is 18.8. The van der Waals surface area contributed by atoms with E-state index in [-0.39, 0.29) is 34.2 Å². The van der Waals surface area contributed by atoms with E-state index >= 15 is 0 Å². The van der Waals surface area contributed by atoms with Gasteiger partial charge in [-0.1, -0.05) is 19.9 Å². The minimum Gasteiger partial charge on any atom is -0.480 e. The Kier molecular flexibility index (Phi) is 8.33. The van der Waals surface area contributed by atoms with Crippen LogP contribution < -0.4 is 14.8 Å². The molecule has 0 aliphatic heterocycles. The van der Waals surface area contributed by atoms with Gasteiger partial charge in [-0.15, -0.1) is 0 Å². The normalized spacial score (nSPS) is 11.6. The highest BCUT2D eigenvalue weighted by atomic mass is 32.2. The van der Waals surface area contributed by atoms with Crippen LogP contribution >= 0.6 is 11.9 Å². The smallest absolute Gasteiger partial charge is 0.435 e. The molecule has 9 nitrogen and oxygen atoms in total. The first-order valence-corrected chi connectivity index (χ1v) is 13.1. The van der Waals surface area contributed by atoms with E-state index in [9.17, 15) is 18.0 Å². The van der Waals surface area contributed by atoms with Gasteiger partial charge in [0.2, 0.25) is 11.8 Å². The van der Waals surface area contributed by atoms with Crippen LogP contribution in [0, 0.1) is 20.8 Å². The minimum absolute atomic E-state index is 0.0738. The number of ether oxygens (including phenoxy) is 1. The largest absolute Gasteiger partial charge is 0.480 e. The van der Waals surface area contributed by atoms with Crippen molar-refractivity contribution in [2.45, 2.75) is 46.0 Å². The van der Waals surface area contributed by atoms with E-state index in [0.717, 1.165) is 27.6 Å². The van der Waals surface area contributed by atoms with Gasteiger partial charge in [0.05, 0.1) is 7.11 Å². The van der Waals surface area contributed by atoms with Crippen molar-refractivity contribution in [2.24, 2.45) is 0 Å². The Morgan fingerprint density at radius 1 is 1.02 bits per heavy atom. The number of methoxy groups -OCH3 is 1. The van der Waals surface area contributed by atoms with E-state index in [1.165, 1.54) is 44.4 Å². The highest BCUT2D eigenvalue weighted by Crippen LogP contribution is 2.33. The molecule has 0 spiro atoms. The zero-order chi connectivity index (χ0) is 29.2. The Balaban J connectivity index is 1.86. The molecule has 0 aliphatic carbocycles. The number of carbonyl (C=O) groups is 1. The van der Waals surface area contributed by atoms with Crippen LogP contribution in [-0.4, -0.2) is 43.0 Å². The van der Waals surface area contributed by atoms with E-state index in [4.69, 9.17) is 4.74 Å². The summed E-state index contributed by atoms with van der Waals surface area (Å²) in [7, 11) is 1.39. The van der Waals surface area contributed by atoms with Crippen LogP contribution in [0.4, 0.5) is 24.8 Å². The number of anilines is 2. The second-order valence-electron chi connectivity index (χ2n) is 9.39. The van der Waals surface area contributed by atoms with Crippen molar-refractivity contribution in [1.82, 2.24) is 29.5 Å². The van der Waals surface area contributed by atoms with Crippen LogP contribution in [0.25, 0.3) is 16.9 Å². The summed E-state index contributed by atoms with van der Waals surface area (Å²) in [6, 6.07) is 8.29. The zero-order valence-electron chi connectivity index (χ0n) is 22.7. The maximum absolute atomic E-state index is 13.5. The second-order valence-corrected chi connectivity index (χ2v) is 10.8. The molecule has 0 saturated heterocycles. The number of hydrogen-bond donors (Lipinski definition) is 2. The summed E-state index contributed by atoms with van der Waals surface area (Å²) < 4.78 is 49.7. The number of aromatic nitrogens is 5. The fourth-order valence-electron chi connectivity index (χ4n) is 3.95. The third-order valence-corrected chi connectivity index (χ3v) is 6.39. The highest BCUT2D eigenvalue weighted by Gasteiger charge is 2.35. The minimum atomic E-state index is -4.65. The second kappa shape index (κ2) is 11.5. The van der Waals surface area contributed by atoms with Gasteiger partial charge in [-0.3, -0.25) is 9.52 Å². The molecule has 0 saturated carbocycles. The number of nitrogens with one attached hydrogen (secondary N) is 2. The molecule has 40 heavy (non-hydrogen) atoms. The fourth-order valence-corrected chi connectivity index (χ4v) is 4.41. The molecule has 0 bridgehead atoms. The third kappa shape index (κ3) is 6.53. The molecule has 4 rings (SSSR count). The van der Waals surface area contributed by atoms with Crippen LogP contribution in [0.2, 0.25) is 0 Å². The molecular weight excluding hydrogens is 543 g/mol. The predicted molar refractivity (Wildman–Crippen MR) is 148 cm³/mol. The van der Waals surface area contributed by atoms with Crippen LogP contribution in [0.1, 0.15) is 46.7 Å². The number of halogens is 3. The van der Waals surface area contributed by atoms with Crippen molar-refractivity contribution >= 4 is 29.5 Å². The summed E-state index contributed by atoms with van der Waals surface area (Å²) in [6.45, 7) is 9.25. The van der Waals surface area contributed by atoms with Crippen molar-refractivity contribution < 1.29 is 22.7 Å². The van der Waals surface area contributed by atoms with Crippen molar-refractivity contribution in [1.29, 1.82) is 0 Å². The van der Waals surface area contributed by atoms with Gasteiger partial charge in [-0.25, -0.2) is 14.6 Å². The van der Waals surface area contributed by atoms with E-state index < -0.39 is 17.8 Å². The SMILES string of the molecule is COc1ncc(-c2cnc(Nc3cc(C)cc(C)c3)nc2-n2nc(C(F)(F)F)cc2C)cc1C(=O)NSC(C)C. The lowest BCUT2D eigenvalue weighted by Crippen LogP contribution is -2.19. The molecule has 4 aromatic rings. The third-order valence-electron chi connectivity index (χ3n) is 5.61. The molecule has 1 aromatic carbocycles. The van der Waals surface area contributed by atoms with Crippen molar-refractivity contribution in [2.75, 3.05) is 12.4 Å². The van der Waals surface area contributed by atoms with Gasteiger partial charge >= 0.3 is 6.18 Å². The van der Waals surface area contributed by atoms with Gasteiger partial charge in [-0.2, -0.15) is 23.3 Å². The number of aryl methyl sites for hydroxylation is 3. The standard InChI is InChI=1S/C27H28F3N7O2S/c1-14(2)40-36-24(38)20-11-18(12-31-25(20)39-6)21-13-32-26(33-19-8-15(3)7-16(4)9-19)34-23(21)37-17(5)10-22(35-37)27(28,29)30/h7-14H,1-6H3,(H,36,38)(H,32,33,34). The van der Waals surface area contributed by atoms with Gasteiger partial charge in [0.25, 0.3) is 5.91 Å². The van der Waals surface area contributed by atoms with E-state index in [0.29, 0.717) is 11.1 Å². The van der Waals surface area contributed by atoms with Crippen LogP contribution in [0.15, 0.2) is 42.7 Å². The Labute approximate surface area is 233 Å². The first-order valence-electron chi connectivity index (χ1n) is 12.2. The lowest BCUT2D eigenvalue weighted by Gasteiger charge is -2.15. The number of alkyl halides is 3. The summed E-state index contributed by atoms with van der Waals surface area (Å²) in [4.78, 5) is 26.1. The molecule has 0 fully saturated rings. The topological polar surface area (TPSA) is 107 Å². The summed E-state index contributed by atoms with van der Waals surface area (Å²) in [5.74, 6) is -0.115. The van der Waals surface area contributed by atoms with Crippen molar-refractivity contribution in [3.8, 4) is 22.8 Å². The maximum Gasteiger partial charge on any atom is 0.435 e. The summed E-state index contributed by atoms with van der Waals surface area (Å²) in [6.07, 6.45) is -1.76. The van der Waals surface area contributed by atoms with Gasteiger partial charge in [0.15, 0.2) is 11.5 Å². The van der Waals surface area contributed by atoms with Gasteiger partial charge in [-0.05, 0) is 68.1 Å². The monoisotopic (exact) mass is 571 g/mol. The maximum atomic E-state index is 13.5. The van der Waals surface area contributed by atoms with E-state index in [1.54, 1.807) is 0 Å². The van der Waals surface area contributed by atoms with Crippen LogP contribution in [0.5, 0.6) is 5.88 Å². The average Bonchev–Trinajstić information content (AvgIpc) is 3.28. The van der Waals surface area contributed by atoms with Gasteiger partial charge < -0.3 is 10.1 Å². The Morgan fingerprint density at radius 2 is 1.73 bits per heavy atom. The number of benzene rings is 1. The van der Waals surface area contributed by atoms with Crippen LogP contribution in [-0.2, 0) is 6.18 Å². The molecule has 13 heteroatoms. The molecule has 3 aromatic heterocycles. The van der Waals surface area contributed by atoms with E-state index in [2.05, 4.69) is 30.1 Å². The fraction of sp³-hybridized carbons (Fsp3) is 0.296. The summed E-state index contributed by atoms with van der Waals surface area (Å²) in [5, 5.41) is 7.05. The van der Waals surface area contributed by atoms with Gasteiger partial charge in [0.1, 0.15) is 5.56 Å². The van der Waals surface area contributed by atoms with Crippen molar-refractivity contribution in [3.63, 3.8) is 0 Å². The zero-order valence-corrected chi connectivity index (χ0v) is 23.5. The van der Waals surface area contributed by atoms with Gasteiger partial charge in [0, 0.05) is 40.2 Å². The number of rotatable bonds is 8. The number of carbonyl (C=O) groups excluding carboxylic acids is 1. The molecule has 0 unspecified atom stereocenters. The van der Waals surface area contributed by atoms with Crippen molar-refractivity contribution in [3.05, 3.63) is 70.8 Å². The highest BCUT2D eigenvalue weighted by molar-refractivity contribution is 7.98. The summed E-state index contributed by atoms with van der Waals surface area (Å²) in [5.41, 5.74) is 2.74. The lowest BCUT2D eigenvalue weighted by atomic mass is 10.1. The Bertz CT molecular complexity index is 1530. The number of amides is 1. The van der Waals surface area contributed by atoms with Crippen LogP contribution in [0.3, 0.4) is 0 Å². The molecule has 0 atom stereocenters. The van der Waals surface area contributed by atoms with E-state index in [1.807, 2.05) is 45.9 Å².